The van der Waals surface area contributed by atoms with Gasteiger partial charge in [0.1, 0.15) is 12.2 Å². The Bertz CT molecular complexity index is 557. The molecule has 6 nitrogen and oxygen atoms in total. The molecule has 8 atom stereocenters. The molecule has 0 aromatic carbocycles. The summed E-state index contributed by atoms with van der Waals surface area (Å²) >= 11 is 0. The van der Waals surface area contributed by atoms with Gasteiger partial charge in [0.2, 0.25) is 0 Å². The van der Waals surface area contributed by atoms with Crippen LogP contribution in [0.2, 0.25) is 0 Å². The van der Waals surface area contributed by atoms with Crippen molar-refractivity contribution in [3.8, 4) is 0 Å². The first kappa shape index (κ1) is 16.5. The van der Waals surface area contributed by atoms with Crippen LogP contribution < -0.4 is 0 Å². The van der Waals surface area contributed by atoms with E-state index in [-0.39, 0.29) is 17.4 Å². The van der Waals surface area contributed by atoms with Crippen molar-refractivity contribution >= 4 is 11.9 Å². The molecular formula is C17H24O6. The fourth-order valence-corrected chi connectivity index (χ4v) is 5.09. The smallest absolute Gasteiger partial charge is 0.334 e. The summed E-state index contributed by atoms with van der Waals surface area (Å²) < 4.78 is 10.8. The highest BCUT2D eigenvalue weighted by molar-refractivity contribution is 5.91. The zero-order chi connectivity index (χ0) is 17.1. The van der Waals surface area contributed by atoms with Crippen molar-refractivity contribution in [3.63, 3.8) is 0 Å². The minimum absolute atomic E-state index is 0.0184. The lowest BCUT2D eigenvalue weighted by Gasteiger charge is -2.41. The molecule has 1 saturated heterocycles. The Morgan fingerprint density at radius 3 is 2.65 bits per heavy atom. The number of carbonyl (C=O) groups is 2. The van der Waals surface area contributed by atoms with Gasteiger partial charge in [-0.2, -0.15) is 0 Å². The average Bonchev–Trinajstić information content (AvgIpc) is 2.81. The molecule has 2 aliphatic carbocycles. The van der Waals surface area contributed by atoms with Crippen LogP contribution in [0.5, 0.6) is 0 Å². The van der Waals surface area contributed by atoms with Crippen LogP contribution in [0.15, 0.2) is 12.2 Å². The molecule has 128 valence electrons. The maximum absolute atomic E-state index is 11.8. The Balaban J connectivity index is 2.02. The second-order valence-electron chi connectivity index (χ2n) is 7.44. The first-order valence-electron chi connectivity index (χ1n) is 8.11. The Morgan fingerprint density at radius 1 is 1.39 bits per heavy atom. The van der Waals surface area contributed by atoms with Gasteiger partial charge < -0.3 is 19.7 Å². The van der Waals surface area contributed by atoms with Crippen LogP contribution in [0.4, 0.5) is 0 Å². The third-order valence-electron chi connectivity index (χ3n) is 6.13. The first-order chi connectivity index (χ1) is 10.7. The number of hydrogen-bond donors (Lipinski definition) is 2. The zero-order valence-corrected chi connectivity index (χ0v) is 13.7. The molecule has 0 aromatic heterocycles. The Hall–Kier alpha value is -1.40. The molecule has 0 radical (unpaired) electrons. The van der Waals surface area contributed by atoms with Crippen molar-refractivity contribution < 1.29 is 29.3 Å². The van der Waals surface area contributed by atoms with Gasteiger partial charge in [0.25, 0.3) is 0 Å². The number of fused-ring (bicyclic) bond motifs is 2. The van der Waals surface area contributed by atoms with Gasteiger partial charge in [0.15, 0.2) is 0 Å². The van der Waals surface area contributed by atoms with Gasteiger partial charge >= 0.3 is 11.9 Å². The van der Waals surface area contributed by atoms with Crippen molar-refractivity contribution in [3.05, 3.63) is 12.2 Å². The van der Waals surface area contributed by atoms with Crippen LogP contribution in [-0.4, -0.2) is 46.6 Å². The van der Waals surface area contributed by atoms with E-state index in [1.165, 1.54) is 6.92 Å². The summed E-state index contributed by atoms with van der Waals surface area (Å²) in [7, 11) is 0. The third-order valence-corrected chi connectivity index (χ3v) is 6.13. The minimum atomic E-state index is -0.975. The SMILES string of the molecule is C=C1C(=O)O[C@@H]2C[C@@H](C)[C@@H]3[C@@H](OC(C)=O)C[C@@H](O)[C@@]3(C)[C@@H](O)[C@@H]12. The van der Waals surface area contributed by atoms with Gasteiger partial charge in [0, 0.05) is 30.3 Å². The normalized spacial score (nSPS) is 49.2. The predicted molar refractivity (Wildman–Crippen MR) is 80.1 cm³/mol. The van der Waals surface area contributed by atoms with Gasteiger partial charge in [-0.05, 0) is 12.3 Å². The molecule has 6 heteroatoms. The summed E-state index contributed by atoms with van der Waals surface area (Å²) in [5, 5.41) is 21.7. The Morgan fingerprint density at radius 2 is 2.04 bits per heavy atom. The molecule has 2 N–H and O–H groups in total. The van der Waals surface area contributed by atoms with Crippen molar-refractivity contribution in [2.75, 3.05) is 0 Å². The quantitative estimate of drug-likeness (QED) is 0.547. The number of aliphatic hydroxyl groups is 2. The number of esters is 2. The molecule has 0 spiro atoms. The molecule has 23 heavy (non-hydrogen) atoms. The second kappa shape index (κ2) is 5.31. The van der Waals surface area contributed by atoms with Gasteiger partial charge in [-0.15, -0.1) is 0 Å². The van der Waals surface area contributed by atoms with Crippen molar-refractivity contribution in [1.82, 2.24) is 0 Å². The van der Waals surface area contributed by atoms with E-state index in [1.54, 1.807) is 0 Å². The van der Waals surface area contributed by atoms with Crippen LogP contribution in [0.1, 0.15) is 33.6 Å². The summed E-state index contributed by atoms with van der Waals surface area (Å²) in [6, 6.07) is 0. The lowest BCUT2D eigenvalue weighted by atomic mass is 9.67. The van der Waals surface area contributed by atoms with Crippen LogP contribution in [0.25, 0.3) is 0 Å². The molecule has 0 amide bonds. The van der Waals surface area contributed by atoms with E-state index in [0.29, 0.717) is 12.8 Å². The number of ether oxygens (including phenoxy) is 2. The molecule has 3 aliphatic rings. The molecule has 3 rings (SSSR count). The Kier molecular flexibility index (Phi) is 3.80. The summed E-state index contributed by atoms with van der Waals surface area (Å²) in [5.41, 5.74) is -0.615. The summed E-state index contributed by atoms with van der Waals surface area (Å²) in [5.74, 6) is -1.57. The van der Waals surface area contributed by atoms with Crippen molar-refractivity contribution in [2.45, 2.75) is 58.0 Å². The van der Waals surface area contributed by atoms with E-state index >= 15 is 0 Å². The lowest BCUT2D eigenvalue weighted by Crippen LogP contribution is -2.49. The van der Waals surface area contributed by atoms with Crippen molar-refractivity contribution in [1.29, 1.82) is 0 Å². The molecule has 1 heterocycles. The van der Waals surface area contributed by atoms with Crippen LogP contribution >= 0.6 is 0 Å². The molecule has 0 unspecified atom stereocenters. The number of carbonyl (C=O) groups excluding carboxylic acids is 2. The number of hydrogen-bond acceptors (Lipinski definition) is 6. The number of rotatable bonds is 1. The number of aliphatic hydroxyl groups excluding tert-OH is 2. The maximum atomic E-state index is 11.8. The predicted octanol–water partition coefficient (Wildman–Crippen LogP) is 0.804. The lowest BCUT2D eigenvalue weighted by molar-refractivity contribution is -0.152. The van der Waals surface area contributed by atoms with Gasteiger partial charge in [-0.3, -0.25) is 4.79 Å². The van der Waals surface area contributed by atoms with E-state index in [9.17, 15) is 19.8 Å². The molecular weight excluding hydrogens is 300 g/mol. The van der Waals surface area contributed by atoms with E-state index < -0.39 is 47.7 Å². The highest BCUT2D eigenvalue weighted by Crippen LogP contribution is 2.57. The highest BCUT2D eigenvalue weighted by atomic mass is 16.6. The summed E-state index contributed by atoms with van der Waals surface area (Å²) in [4.78, 5) is 23.2. The molecule has 3 fully saturated rings. The fourth-order valence-electron chi connectivity index (χ4n) is 5.09. The van der Waals surface area contributed by atoms with E-state index in [0.717, 1.165) is 0 Å². The molecule has 2 saturated carbocycles. The molecule has 1 aliphatic heterocycles. The largest absolute Gasteiger partial charge is 0.462 e. The maximum Gasteiger partial charge on any atom is 0.334 e. The van der Waals surface area contributed by atoms with Gasteiger partial charge in [-0.1, -0.05) is 20.4 Å². The second-order valence-corrected chi connectivity index (χ2v) is 7.44. The van der Waals surface area contributed by atoms with Crippen LogP contribution in [-0.2, 0) is 19.1 Å². The van der Waals surface area contributed by atoms with Crippen molar-refractivity contribution in [2.24, 2.45) is 23.2 Å². The van der Waals surface area contributed by atoms with E-state index in [2.05, 4.69) is 6.58 Å². The standard InChI is InChI=1S/C17H24O6/c1-7-5-10-13(8(2)16(21)23-10)15(20)17(4)12(19)6-11(14(7)17)22-9(3)18/h7,10-15,19-20H,2,5-6H2,1,3-4H3/t7-,10-,11+,12-,13+,14-,15+,17-/m1/s1. The highest BCUT2D eigenvalue weighted by Gasteiger charge is 2.64. The van der Waals surface area contributed by atoms with Gasteiger partial charge in [0.05, 0.1) is 18.1 Å². The zero-order valence-electron chi connectivity index (χ0n) is 13.7. The Labute approximate surface area is 135 Å². The van der Waals surface area contributed by atoms with E-state index in [1.807, 2.05) is 13.8 Å². The molecule has 0 aromatic rings. The van der Waals surface area contributed by atoms with Crippen LogP contribution in [0.3, 0.4) is 0 Å². The summed E-state index contributed by atoms with van der Waals surface area (Å²) in [6.45, 7) is 8.92. The third kappa shape index (κ3) is 2.22. The summed E-state index contributed by atoms with van der Waals surface area (Å²) in [6.07, 6.45) is -1.83. The van der Waals surface area contributed by atoms with Crippen LogP contribution in [0, 0.1) is 23.2 Å². The monoisotopic (exact) mass is 324 g/mol. The van der Waals surface area contributed by atoms with Gasteiger partial charge in [-0.25, -0.2) is 4.79 Å². The first-order valence-corrected chi connectivity index (χ1v) is 8.11. The molecule has 0 bridgehead atoms. The fraction of sp³-hybridized carbons (Fsp3) is 0.765. The average molecular weight is 324 g/mol. The van der Waals surface area contributed by atoms with E-state index in [4.69, 9.17) is 9.47 Å². The minimum Gasteiger partial charge on any atom is -0.462 e. The topological polar surface area (TPSA) is 93.1 Å².